The number of hydrogen-bond donors (Lipinski definition) is 1. The zero-order valence-electron chi connectivity index (χ0n) is 16.2. The number of hydrogen-bond acceptors (Lipinski definition) is 5. The lowest BCUT2D eigenvalue weighted by Gasteiger charge is -2.39. The fourth-order valence-corrected chi connectivity index (χ4v) is 3.04. The lowest BCUT2D eigenvalue weighted by atomic mass is 9.91. The van der Waals surface area contributed by atoms with Crippen LogP contribution in [0.4, 0.5) is 4.79 Å². The molecule has 1 atom stereocenters. The van der Waals surface area contributed by atoms with Crippen LogP contribution in [-0.4, -0.2) is 66.2 Å². The van der Waals surface area contributed by atoms with Gasteiger partial charge in [0.1, 0.15) is 5.60 Å². The van der Waals surface area contributed by atoms with Crippen LogP contribution < -0.4 is 5.32 Å². The van der Waals surface area contributed by atoms with E-state index < -0.39 is 5.60 Å². The molecule has 2 heterocycles. The van der Waals surface area contributed by atoms with E-state index in [4.69, 9.17) is 4.74 Å². The predicted octanol–water partition coefficient (Wildman–Crippen LogP) is 2.69. The van der Waals surface area contributed by atoms with Crippen molar-refractivity contribution in [3.05, 3.63) is 0 Å². The molecular formula is C18H34N4O2. The number of piperazine rings is 1. The average molecular weight is 338 g/mol. The van der Waals surface area contributed by atoms with Crippen molar-refractivity contribution in [2.45, 2.75) is 66.0 Å². The minimum atomic E-state index is -0.444. The lowest BCUT2D eigenvalue weighted by molar-refractivity contribution is 0.0137. The molecule has 0 aliphatic carbocycles. The van der Waals surface area contributed by atoms with E-state index >= 15 is 0 Å². The van der Waals surface area contributed by atoms with Gasteiger partial charge in [-0.1, -0.05) is 20.8 Å². The summed E-state index contributed by atoms with van der Waals surface area (Å²) in [5.41, 5.74) is -0.0685. The fraction of sp³-hybridized carbons (Fsp3) is 0.889. The average Bonchev–Trinajstić information content (AvgIpc) is 2.83. The minimum Gasteiger partial charge on any atom is -0.444 e. The second-order valence-corrected chi connectivity index (χ2v) is 9.03. The summed E-state index contributed by atoms with van der Waals surface area (Å²) in [5, 5.41) is 3.48. The Morgan fingerprint density at radius 3 is 2.58 bits per heavy atom. The van der Waals surface area contributed by atoms with E-state index in [9.17, 15) is 4.79 Å². The summed E-state index contributed by atoms with van der Waals surface area (Å²) < 4.78 is 5.48. The number of carbonyl (C=O) groups excluding carboxylic acids is 1. The Balaban J connectivity index is 1.77. The molecule has 0 saturated carbocycles. The molecule has 138 valence electrons. The number of carbonyl (C=O) groups is 1. The van der Waals surface area contributed by atoms with Crippen LogP contribution in [0, 0.1) is 5.41 Å². The van der Waals surface area contributed by atoms with Gasteiger partial charge < -0.3 is 19.9 Å². The van der Waals surface area contributed by atoms with Crippen molar-refractivity contribution in [3.63, 3.8) is 0 Å². The van der Waals surface area contributed by atoms with Crippen LogP contribution in [0.1, 0.15) is 54.4 Å². The first-order valence-corrected chi connectivity index (χ1v) is 9.08. The number of guanidine groups is 1. The molecular weight excluding hydrogens is 304 g/mol. The zero-order valence-corrected chi connectivity index (χ0v) is 16.2. The van der Waals surface area contributed by atoms with Crippen LogP contribution in [0.25, 0.3) is 0 Å². The van der Waals surface area contributed by atoms with Gasteiger partial charge in [-0.05, 0) is 39.0 Å². The van der Waals surface area contributed by atoms with Gasteiger partial charge in [0.25, 0.3) is 0 Å². The molecule has 1 fully saturated rings. The van der Waals surface area contributed by atoms with Crippen molar-refractivity contribution < 1.29 is 9.53 Å². The highest BCUT2D eigenvalue weighted by Gasteiger charge is 2.36. The van der Waals surface area contributed by atoms with E-state index in [2.05, 4.69) is 36.0 Å². The van der Waals surface area contributed by atoms with Gasteiger partial charge in [0.05, 0.1) is 12.6 Å². The summed E-state index contributed by atoms with van der Waals surface area (Å²) in [7, 11) is 0. The molecule has 2 rings (SSSR count). The molecule has 0 spiro atoms. The highest BCUT2D eigenvalue weighted by atomic mass is 16.6. The molecule has 6 nitrogen and oxygen atoms in total. The topological polar surface area (TPSA) is 57.2 Å². The standard InChI is InChI=1S/C18H34N4O2/c1-17(2,3)8-7-9-19-15-20-12-14-13-21(10-11-22(14)15)16(23)24-18(4,5)6/h14H,7-13H2,1-6H3,(H,19,20). The van der Waals surface area contributed by atoms with Crippen LogP contribution in [0.5, 0.6) is 0 Å². The Morgan fingerprint density at radius 1 is 1.25 bits per heavy atom. The quantitative estimate of drug-likeness (QED) is 0.804. The van der Waals surface area contributed by atoms with Gasteiger partial charge in [0, 0.05) is 26.2 Å². The van der Waals surface area contributed by atoms with E-state index in [0.717, 1.165) is 32.0 Å². The van der Waals surface area contributed by atoms with Crippen LogP contribution >= 0.6 is 0 Å². The fourth-order valence-electron chi connectivity index (χ4n) is 3.04. The molecule has 0 aromatic carbocycles. The third-order valence-corrected chi connectivity index (χ3v) is 4.24. The minimum absolute atomic E-state index is 0.214. The van der Waals surface area contributed by atoms with Gasteiger partial charge in [-0.3, -0.25) is 4.99 Å². The maximum Gasteiger partial charge on any atom is 0.410 e. The lowest BCUT2D eigenvalue weighted by Crippen LogP contribution is -2.57. The SMILES string of the molecule is CC(C)(C)CCCNC1=NCC2CN(C(=O)OC(C)(C)C)CCN12. The van der Waals surface area contributed by atoms with E-state index in [1.54, 1.807) is 0 Å². The van der Waals surface area contributed by atoms with Crippen LogP contribution in [0.2, 0.25) is 0 Å². The molecule has 2 aliphatic heterocycles. The largest absolute Gasteiger partial charge is 0.444 e. The third-order valence-electron chi connectivity index (χ3n) is 4.24. The van der Waals surface area contributed by atoms with E-state index in [1.165, 1.54) is 6.42 Å². The molecule has 0 bridgehead atoms. The molecule has 1 N–H and O–H groups in total. The van der Waals surface area contributed by atoms with Gasteiger partial charge in [0.15, 0.2) is 5.96 Å². The summed E-state index contributed by atoms with van der Waals surface area (Å²) in [5.74, 6) is 0.998. The first-order chi connectivity index (χ1) is 11.1. The van der Waals surface area contributed by atoms with Gasteiger partial charge in [-0.2, -0.15) is 0 Å². The second-order valence-electron chi connectivity index (χ2n) is 9.03. The number of fused-ring (bicyclic) bond motifs is 1. The Morgan fingerprint density at radius 2 is 1.96 bits per heavy atom. The number of aliphatic imine (C=N–C) groups is 1. The molecule has 0 aromatic heterocycles. The van der Waals surface area contributed by atoms with Crippen molar-refractivity contribution in [3.8, 4) is 0 Å². The Kier molecular flexibility index (Phi) is 5.66. The van der Waals surface area contributed by atoms with Crippen LogP contribution in [-0.2, 0) is 4.74 Å². The first kappa shape index (κ1) is 18.9. The monoisotopic (exact) mass is 338 g/mol. The Labute approximate surface area is 146 Å². The predicted molar refractivity (Wildman–Crippen MR) is 97.3 cm³/mol. The second kappa shape index (κ2) is 7.19. The molecule has 0 aromatic rings. The molecule has 0 radical (unpaired) electrons. The number of amides is 1. The summed E-state index contributed by atoms with van der Waals surface area (Å²) in [6.45, 7) is 16.4. The number of nitrogens with one attached hydrogen (secondary N) is 1. The molecule has 1 amide bonds. The summed E-state index contributed by atoms with van der Waals surface area (Å²) in [6, 6.07) is 0.274. The highest BCUT2D eigenvalue weighted by molar-refractivity contribution is 5.82. The van der Waals surface area contributed by atoms with Gasteiger partial charge in [0.2, 0.25) is 0 Å². The van der Waals surface area contributed by atoms with Crippen molar-refractivity contribution in [2.24, 2.45) is 10.4 Å². The molecule has 1 saturated heterocycles. The summed E-state index contributed by atoms with van der Waals surface area (Å²) >= 11 is 0. The maximum absolute atomic E-state index is 12.2. The van der Waals surface area contributed by atoms with Gasteiger partial charge >= 0.3 is 6.09 Å². The smallest absolute Gasteiger partial charge is 0.410 e. The summed E-state index contributed by atoms with van der Waals surface area (Å²) in [6.07, 6.45) is 2.13. The number of nitrogens with zero attached hydrogens (tertiary/aromatic N) is 3. The van der Waals surface area contributed by atoms with E-state index in [1.807, 2.05) is 25.7 Å². The molecule has 1 unspecified atom stereocenters. The number of ether oxygens (including phenoxy) is 1. The van der Waals surface area contributed by atoms with Crippen molar-refractivity contribution in [2.75, 3.05) is 32.7 Å². The Hall–Kier alpha value is -1.46. The third kappa shape index (κ3) is 5.56. The van der Waals surface area contributed by atoms with E-state index in [0.29, 0.717) is 18.5 Å². The van der Waals surface area contributed by atoms with Gasteiger partial charge in [-0.15, -0.1) is 0 Å². The van der Waals surface area contributed by atoms with Crippen LogP contribution in [0.3, 0.4) is 0 Å². The first-order valence-electron chi connectivity index (χ1n) is 9.08. The molecule has 24 heavy (non-hydrogen) atoms. The zero-order chi connectivity index (χ0) is 18.0. The molecule has 6 heteroatoms. The van der Waals surface area contributed by atoms with Crippen LogP contribution in [0.15, 0.2) is 4.99 Å². The van der Waals surface area contributed by atoms with Crippen molar-refractivity contribution in [1.29, 1.82) is 0 Å². The van der Waals surface area contributed by atoms with E-state index in [-0.39, 0.29) is 12.1 Å². The highest BCUT2D eigenvalue weighted by Crippen LogP contribution is 2.21. The normalized spacial score (nSPS) is 21.4. The Bertz CT molecular complexity index is 476. The van der Waals surface area contributed by atoms with Crippen molar-refractivity contribution >= 4 is 12.1 Å². The van der Waals surface area contributed by atoms with Crippen molar-refractivity contribution in [1.82, 2.24) is 15.1 Å². The number of rotatable bonds is 3. The summed E-state index contributed by atoms with van der Waals surface area (Å²) in [4.78, 5) is 21.0. The molecule has 2 aliphatic rings. The maximum atomic E-state index is 12.2. The van der Waals surface area contributed by atoms with Gasteiger partial charge in [-0.25, -0.2) is 4.79 Å².